The van der Waals surface area contributed by atoms with Gasteiger partial charge in [-0.05, 0) is 24.6 Å². The van der Waals surface area contributed by atoms with Crippen LogP contribution in [0.4, 0.5) is 5.69 Å². The number of nitrogens with zero attached hydrogens (tertiary/aromatic N) is 7. The quantitative estimate of drug-likeness (QED) is 0.359. The SMILES string of the molecule is Cc1c(C(=O)NCc2cn(Cc3ccccc3)nn2)nnn1-c1ccc([N+](=O)[O-])cc1. The standard InChI is InChI=1S/C20H18N8O3/c1-14-19(23-25-27(14)17-7-9-18(10-8-17)28(30)31)20(29)21-11-16-13-26(24-22-16)12-15-5-3-2-4-6-15/h2-10,13H,11-12H2,1H3,(H,21,29). The van der Waals surface area contributed by atoms with Gasteiger partial charge in [-0.25, -0.2) is 9.36 Å². The third kappa shape index (κ3) is 4.45. The van der Waals surface area contributed by atoms with Gasteiger partial charge < -0.3 is 5.32 Å². The molecule has 0 spiro atoms. The fourth-order valence-electron chi connectivity index (χ4n) is 3.02. The molecule has 156 valence electrons. The molecule has 2 heterocycles. The first-order valence-corrected chi connectivity index (χ1v) is 9.39. The second kappa shape index (κ2) is 8.53. The van der Waals surface area contributed by atoms with Crippen molar-refractivity contribution in [3.8, 4) is 5.69 Å². The fraction of sp³-hybridized carbons (Fsp3) is 0.150. The van der Waals surface area contributed by atoms with Gasteiger partial charge in [0.25, 0.3) is 11.6 Å². The zero-order valence-electron chi connectivity index (χ0n) is 16.5. The van der Waals surface area contributed by atoms with Crippen molar-refractivity contribution < 1.29 is 9.72 Å². The highest BCUT2D eigenvalue weighted by Crippen LogP contribution is 2.17. The Morgan fingerprint density at radius 2 is 1.81 bits per heavy atom. The van der Waals surface area contributed by atoms with E-state index < -0.39 is 10.8 Å². The predicted molar refractivity (Wildman–Crippen MR) is 109 cm³/mol. The van der Waals surface area contributed by atoms with Crippen molar-refractivity contribution in [2.45, 2.75) is 20.0 Å². The lowest BCUT2D eigenvalue weighted by molar-refractivity contribution is -0.384. The summed E-state index contributed by atoms with van der Waals surface area (Å²) < 4.78 is 3.15. The second-order valence-electron chi connectivity index (χ2n) is 6.78. The number of nitrogens with one attached hydrogen (secondary N) is 1. The van der Waals surface area contributed by atoms with Gasteiger partial charge in [0.2, 0.25) is 0 Å². The summed E-state index contributed by atoms with van der Waals surface area (Å²) in [6.45, 7) is 2.48. The monoisotopic (exact) mass is 418 g/mol. The number of carbonyl (C=O) groups excluding carboxylic acids is 1. The lowest BCUT2D eigenvalue weighted by Crippen LogP contribution is -2.24. The third-order valence-electron chi connectivity index (χ3n) is 4.62. The van der Waals surface area contributed by atoms with Crippen LogP contribution >= 0.6 is 0 Å². The first-order chi connectivity index (χ1) is 15.0. The van der Waals surface area contributed by atoms with Crippen LogP contribution < -0.4 is 5.32 Å². The molecule has 0 bridgehead atoms. The third-order valence-corrected chi connectivity index (χ3v) is 4.62. The van der Waals surface area contributed by atoms with Crippen LogP contribution in [0.1, 0.15) is 27.4 Å². The van der Waals surface area contributed by atoms with Crippen molar-refractivity contribution in [1.82, 2.24) is 35.3 Å². The molecule has 0 atom stereocenters. The molecule has 0 aliphatic carbocycles. The smallest absolute Gasteiger partial charge is 0.274 e. The maximum Gasteiger partial charge on any atom is 0.274 e. The number of carbonyl (C=O) groups is 1. The van der Waals surface area contributed by atoms with E-state index in [2.05, 4.69) is 25.9 Å². The van der Waals surface area contributed by atoms with Gasteiger partial charge in [-0.1, -0.05) is 40.8 Å². The molecule has 0 radical (unpaired) electrons. The molecule has 0 saturated heterocycles. The van der Waals surface area contributed by atoms with Gasteiger partial charge in [-0.2, -0.15) is 0 Å². The Morgan fingerprint density at radius 3 is 2.52 bits per heavy atom. The molecular formula is C20H18N8O3. The van der Waals surface area contributed by atoms with Crippen molar-refractivity contribution in [2.24, 2.45) is 0 Å². The average molecular weight is 418 g/mol. The number of rotatable bonds is 7. The molecule has 4 rings (SSSR count). The Bertz CT molecular complexity index is 1210. The van der Waals surface area contributed by atoms with Gasteiger partial charge in [-0.3, -0.25) is 14.9 Å². The highest BCUT2D eigenvalue weighted by molar-refractivity contribution is 5.93. The Labute approximate surface area is 176 Å². The molecule has 11 heteroatoms. The van der Waals surface area contributed by atoms with Crippen molar-refractivity contribution in [3.05, 3.63) is 93.6 Å². The van der Waals surface area contributed by atoms with Crippen LogP contribution in [0.25, 0.3) is 5.69 Å². The highest BCUT2D eigenvalue weighted by Gasteiger charge is 2.18. The van der Waals surface area contributed by atoms with Crippen molar-refractivity contribution in [2.75, 3.05) is 0 Å². The van der Waals surface area contributed by atoms with Gasteiger partial charge in [0, 0.05) is 12.1 Å². The minimum Gasteiger partial charge on any atom is -0.345 e. The highest BCUT2D eigenvalue weighted by atomic mass is 16.6. The molecule has 0 aliphatic rings. The van der Waals surface area contributed by atoms with Crippen molar-refractivity contribution >= 4 is 11.6 Å². The molecule has 2 aromatic carbocycles. The molecular weight excluding hydrogens is 400 g/mol. The summed E-state index contributed by atoms with van der Waals surface area (Å²) in [6, 6.07) is 15.7. The molecule has 1 N–H and O–H groups in total. The molecule has 4 aromatic rings. The zero-order chi connectivity index (χ0) is 21.8. The van der Waals surface area contributed by atoms with E-state index in [1.807, 2.05) is 30.3 Å². The van der Waals surface area contributed by atoms with Crippen LogP contribution in [-0.4, -0.2) is 40.8 Å². The molecule has 0 aliphatic heterocycles. The number of nitro groups is 1. The molecule has 2 aromatic heterocycles. The van der Waals surface area contributed by atoms with Crippen LogP contribution in [0.15, 0.2) is 60.8 Å². The summed E-state index contributed by atoms with van der Waals surface area (Å²) in [6.07, 6.45) is 1.77. The molecule has 0 unspecified atom stereocenters. The summed E-state index contributed by atoms with van der Waals surface area (Å²) in [7, 11) is 0. The Kier molecular flexibility index (Phi) is 5.47. The lowest BCUT2D eigenvalue weighted by atomic mass is 10.2. The molecule has 0 saturated carbocycles. The first kappa shape index (κ1) is 19.9. The summed E-state index contributed by atoms with van der Waals surface area (Å²) in [5.74, 6) is -0.400. The van der Waals surface area contributed by atoms with Crippen LogP contribution in [0.5, 0.6) is 0 Å². The number of hydrogen-bond acceptors (Lipinski definition) is 7. The van der Waals surface area contributed by atoms with Gasteiger partial charge in [0.15, 0.2) is 5.69 Å². The van der Waals surface area contributed by atoms with Crippen molar-refractivity contribution in [3.63, 3.8) is 0 Å². The van der Waals surface area contributed by atoms with E-state index in [9.17, 15) is 14.9 Å². The maximum absolute atomic E-state index is 12.6. The van der Waals surface area contributed by atoms with Gasteiger partial charge >= 0.3 is 0 Å². The Hall–Kier alpha value is -4.41. The number of hydrogen-bond donors (Lipinski definition) is 1. The first-order valence-electron chi connectivity index (χ1n) is 9.39. The maximum atomic E-state index is 12.6. The minimum atomic E-state index is -0.479. The van der Waals surface area contributed by atoms with Crippen molar-refractivity contribution in [1.29, 1.82) is 0 Å². The summed E-state index contributed by atoms with van der Waals surface area (Å²) in [4.78, 5) is 22.9. The number of amides is 1. The largest absolute Gasteiger partial charge is 0.345 e. The van der Waals surface area contributed by atoms with E-state index in [1.54, 1.807) is 29.9 Å². The van der Waals surface area contributed by atoms with Gasteiger partial charge in [0.1, 0.15) is 5.69 Å². The average Bonchev–Trinajstić information content (AvgIpc) is 3.39. The zero-order valence-corrected chi connectivity index (χ0v) is 16.5. The Balaban J connectivity index is 1.40. The minimum absolute atomic E-state index is 0.0280. The summed E-state index contributed by atoms with van der Waals surface area (Å²) in [5, 5.41) is 29.7. The summed E-state index contributed by atoms with van der Waals surface area (Å²) in [5.41, 5.74) is 2.93. The number of non-ortho nitro benzene ring substituents is 1. The van der Waals surface area contributed by atoms with E-state index in [0.717, 1.165) is 5.56 Å². The van der Waals surface area contributed by atoms with E-state index in [4.69, 9.17) is 0 Å². The molecule has 11 nitrogen and oxygen atoms in total. The van der Waals surface area contributed by atoms with Crippen LogP contribution in [0, 0.1) is 17.0 Å². The van der Waals surface area contributed by atoms with E-state index >= 15 is 0 Å². The summed E-state index contributed by atoms with van der Waals surface area (Å²) >= 11 is 0. The normalized spacial score (nSPS) is 10.7. The lowest BCUT2D eigenvalue weighted by Gasteiger charge is -2.04. The number of aromatic nitrogens is 6. The fourth-order valence-corrected chi connectivity index (χ4v) is 3.02. The van der Waals surface area contributed by atoms with Crippen LogP contribution in [0.3, 0.4) is 0 Å². The second-order valence-corrected chi connectivity index (χ2v) is 6.78. The topological polar surface area (TPSA) is 134 Å². The van der Waals surface area contributed by atoms with Crippen LogP contribution in [0.2, 0.25) is 0 Å². The molecule has 31 heavy (non-hydrogen) atoms. The predicted octanol–water partition coefficient (Wildman–Crippen LogP) is 2.05. The van der Waals surface area contributed by atoms with Gasteiger partial charge in [0.05, 0.1) is 35.6 Å². The Morgan fingerprint density at radius 1 is 1.06 bits per heavy atom. The molecule has 0 fully saturated rings. The molecule has 1 amide bonds. The van der Waals surface area contributed by atoms with E-state index in [-0.39, 0.29) is 17.9 Å². The van der Waals surface area contributed by atoms with Gasteiger partial charge in [-0.15, -0.1) is 10.2 Å². The van der Waals surface area contributed by atoms with E-state index in [0.29, 0.717) is 23.6 Å². The number of benzene rings is 2. The van der Waals surface area contributed by atoms with E-state index in [1.165, 1.54) is 16.8 Å². The number of nitro benzene ring substituents is 1. The van der Waals surface area contributed by atoms with Crippen LogP contribution in [-0.2, 0) is 13.1 Å².